The second-order valence-electron chi connectivity index (χ2n) is 7.57. The van der Waals surface area contributed by atoms with Gasteiger partial charge in [0.15, 0.2) is 0 Å². The van der Waals surface area contributed by atoms with E-state index in [1.54, 1.807) is 13.8 Å². The third-order valence-electron chi connectivity index (χ3n) is 4.05. The van der Waals surface area contributed by atoms with E-state index >= 15 is 0 Å². The number of nitrogens with two attached hydrogens (primary N) is 1. The fourth-order valence-corrected chi connectivity index (χ4v) is 2.37. The summed E-state index contributed by atoms with van der Waals surface area (Å²) in [6.45, 7) is 6.47. The molecule has 29 heavy (non-hydrogen) atoms. The van der Waals surface area contributed by atoms with Gasteiger partial charge in [-0.05, 0) is 24.7 Å². The molecular weight excluding hydrogens is 384 g/mol. The summed E-state index contributed by atoms with van der Waals surface area (Å²) in [5.41, 5.74) is 5.77. The van der Waals surface area contributed by atoms with Gasteiger partial charge in [-0.3, -0.25) is 24.0 Å². The normalized spacial score (nSPS) is 14.0. The summed E-state index contributed by atoms with van der Waals surface area (Å²) in [6.07, 6.45) is -0.347. The van der Waals surface area contributed by atoms with Crippen molar-refractivity contribution in [3.05, 3.63) is 0 Å². The fraction of sp³-hybridized carbons (Fsp3) is 0.722. The van der Waals surface area contributed by atoms with E-state index in [4.69, 9.17) is 15.9 Å². The van der Waals surface area contributed by atoms with Gasteiger partial charge in [-0.15, -0.1) is 0 Å². The maximum Gasteiger partial charge on any atom is 0.322 e. The molecule has 0 bridgehead atoms. The summed E-state index contributed by atoms with van der Waals surface area (Å²) in [5.74, 6) is -4.62. The summed E-state index contributed by atoms with van der Waals surface area (Å²) in [5, 5.41) is 24.7. The van der Waals surface area contributed by atoms with Crippen LogP contribution in [0.25, 0.3) is 0 Å². The number of rotatable bonds is 13. The molecule has 0 fully saturated rings. The standard InChI is InChI=1S/C18H32N4O7/c1-9(2)7-12(16(27)20-8-14(25)26)22-17(28)11(5-6-13(23)24)21-18(29)15(19)10(3)4/h9-12,15H,5-8,19H2,1-4H3,(H,20,27)(H,21,29)(H,22,28)(H,23,24)(H,25,26). The lowest BCUT2D eigenvalue weighted by molar-refractivity contribution is -0.138. The van der Waals surface area contributed by atoms with Gasteiger partial charge < -0.3 is 31.9 Å². The molecule has 11 heteroatoms. The summed E-state index contributed by atoms with van der Waals surface area (Å²) in [6, 6.07) is -3.13. The highest BCUT2D eigenvalue weighted by atomic mass is 16.4. The maximum atomic E-state index is 12.7. The van der Waals surface area contributed by atoms with E-state index in [1.165, 1.54) is 0 Å². The second kappa shape index (κ2) is 12.7. The molecule has 0 radical (unpaired) electrons. The summed E-state index contributed by atoms with van der Waals surface area (Å²) >= 11 is 0. The molecule has 0 aliphatic heterocycles. The van der Waals surface area contributed by atoms with E-state index < -0.39 is 54.3 Å². The van der Waals surface area contributed by atoms with E-state index in [-0.39, 0.29) is 31.1 Å². The average molecular weight is 416 g/mol. The Hall–Kier alpha value is -2.69. The molecule has 0 aromatic carbocycles. The van der Waals surface area contributed by atoms with Gasteiger partial charge in [0.25, 0.3) is 0 Å². The molecule has 0 rings (SSSR count). The van der Waals surface area contributed by atoms with Crippen molar-refractivity contribution in [3.63, 3.8) is 0 Å². The number of carboxylic acids is 2. The van der Waals surface area contributed by atoms with Crippen molar-refractivity contribution in [2.24, 2.45) is 17.6 Å². The number of aliphatic carboxylic acids is 2. The number of carbonyl (C=O) groups is 5. The first-order valence-corrected chi connectivity index (χ1v) is 9.42. The van der Waals surface area contributed by atoms with Crippen LogP contribution in [0.3, 0.4) is 0 Å². The number of amides is 3. The zero-order chi connectivity index (χ0) is 22.7. The van der Waals surface area contributed by atoms with Gasteiger partial charge in [-0.25, -0.2) is 0 Å². The van der Waals surface area contributed by atoms with Crippen LogP contribution in [0.2, 0.25) is 0 Å². The van der Waals surface area contributed by atoms with Gasteiger partial charge in [0.1, 0.15) is 18.6 Å². The summed E-state index contributed by atoms with van der Waals surface area (Å²) in [7, 11) is 0. The Kier molecular flexibility index (Phi) is 11.5. The number of hydrogen-bond donors (Lipinski definition) is 6. The van der Waals surface area contributed by atoms with Crippen molar-refractivity contribution in [1.29, 1.82) is 0 Å². The van der Waals surface area contributed by atoms with Crippen LogP contribution in [0.4, 0.5) is 0 Å². The molecule has 11 nitrogen and oxygen atoms in total. The number of nitrogens with one attached hydrogen (secondary N) is 3. The van der Waals surface area contributed by atoms with E-state index in [2.05, 4.69) is 16.0 Å². The monoisotopic (exact) mass is 416 g/mol. The Balaban J connectivity index is 5.31. The van der Waals surface area contributed by atoms with Gasteiger partial charge in [0, 0.05) is 6.42 Å². The van der Waals surface area contributed by atoms with Crippen LogP contribution >= 0.6 is 0 Å². The quantitative estimate of drug-likeness (QED) is 0.221. The molecule has 3 atom stereocenters. The molecule has 7 N–H and O–H groups in total. The molecule has 0 saturated heterocycles. The molecule has 0 aliphatic rings. The minimum Gasteiger partial charge on any atom is -0.481 e. The van der Waals surface area contributed by atoms with Crippen molar-refractivity contribution in [3.8, 4) is 0 Å². The fourth-order valence-electron chi connectivity index (χ4n) is 2.37. The first kappa shape index (κ1) is 26.3. The molecule has 0 spiro atoms. The van der Waals surface area contributed by atoms with Gasteiger partial charge in [0.05, 0.1) is 6.04 Å². The van der Waals surface area contributed by atoms with Crippen molar-refractivity contribution < 1.29 is 34.2 Å². The lowest BCUT2D eigenvalue weighted by atomic mass is 10.0. The molecule has 3 unspecified atom stereocenters. The SMILES string of the molecule is CC(C)CC(NC(=O)C(CCC(=O)O)NC(=O)C(N)C(C)C)C(=O)NCC(=O)O. The van der Waals surface area contributed by atoms with Crippen LogP contribution < -0.4 is 21.7 Å². The molecule has 0 saturated carbocycles. The van der Waals surface area contributed by atoms with Crippen molar-refractivity contribution >= 4 is 29.7 Å². The lowest BCUT2D eigenvalue weighted by Gasteiger charge is -2.25. The Morgan fingerprint density at radius 1 is 0.828 bits per heavy atom. The minimum absolute atomic E-state index is 0.00250. The maximum absolute atomic E-state index is 12.7. The number of hydrogen-bond acceptors (Lipinski definition) is 6. The first-order chi connectivity index (χ1) is 13.3. The van der Waals surface area contributed by atoms with E-state index in [1.807, 2.05) is 13.8 Å². The Morgan fingerprint density at radius 2 is 1.38 bits per heavy atom. The van der Waals surface area contributed by atoms with Crippen LogP contribution in [0.15, 0.2) is 0 Å². The highest BCUT2D eigenvalue weighted by Crippen LogP contribution is 2.08. The zero-order valence-corrected chi connectivity index (χ0v) is 17.2. The molecular formula is C18H32N4O7. The highest BCUT2D eigenvalue weighted by molar-refractivity contribution is 5.93. The lowest BCUT2D eigenvalue weighted by Crippen LogP contribution is -2.56. The largest absolute Gasteiger partial charge is 0.481 e. The van der Waals surface area contributed by atoms with Gasteiger partial charge in [-0.1, -0.05) is 27.7 Å². The Labute approximate surface area is 169 Å². The van der Waals surface area contributed by atoms with Crippen LogP contribution in [0, 0.1) is 11.8 Å². The van der Waals surface area contributed by atoms with Crippen LogP contribution in [0.1, 0.15) is 47.0 Å². The van der Waals surface area contributed by atoms with Gasteiger partial charge in [-0.2, -0.15) is 0 Å². The van der Waals surface area contributed by atoms with Crippen LogP contribution in [-0.2, 0) is 24.0 Å². The molecule has 0 aromatic heterocycles. The first-order valence-electron chi connectivity index (χ1n) is 9.42. The molecule has 0 heterocycles. The minimum atomic E-state index is -1.23. The molecule has 166 valence electrons. The third-order valence-corrected chi connectivity index (χ3v) is 4.05. The Bertz CT molecular complexity index is 607. The predicted octanol–water partition coefficient (Wildman–Crippen LogP) is -0.949. The van der Waals surface area contributed by atoms with Crippen molar-refractivity contribution in [1.82, 2.24) is 16.0 Å². The predicted molar refractivity (Wildman–Crippen MR) is 104 cm³/mol. The second-order valence-corrected chi connectivity index (χ2v) is 7.57. The van der Waals surface area contributed by atoms with Crippen LogP contribution in [-0.4, -0.2) is 64.5 Å². The van der Waals surface area contributed by atoms with E-state index in [9.17, 15) is 24.0 Å². The van der Waals surface area contributed by atoms with Crippen molar-refractivity contribution in [2.75, 3.05) is 6.54 Å². The van der Waals surface area contributed by atoms with Crippen molar-refractivity contribution in [2.45, 2.75) is 65.1 Å². The average Bonchev–Trinajstić information content (AvgIpc) is 2.60. The van der Waals surface area contributed by atoms with Crippen LogP contribution in [0.5, 0.6) is 0 Å². The van der Waals surface area contributed by atoms with E-state index in [0.29, 0.717) is 0 Å². The van der Waals surface area contributed by atoms with Gasteiger partial charge in [0.2, 0.25) is 17.7 Å². The molecule has 0 aromatic rings. The number of carboxylic acid groups (broad SMARTS) is 2. The molecule has 3 amide bonds. The van der Waals surface area contributed by atoms with Gasteiger partial charge >= 0.3 is 11.9 Å². The smallest absolute Gasteiger partial charge is 0.322 e. The summed E-state index contributed by atoms with van der Waals surface area (Å²) in [4.78, 5) is 58.7. The zero-order valence-electron chi connectivity index (χ0n) is 17.2. The molecule has 0 aliphatic carbocycles. The topological polar surface area (TPSA) is 188 Å². The number of carbonyl (C=O) groups excluding carboxylic acids is 3. The highest BCUT2D eigenvalue weighted by Gasteiger charge is 2.29. The summed E-state index contributed by atoms with van der Waals surface area (Å²) < 4.78 is 0. The Morgan fingerprint density at radius 3 is 1.83 bits per heavy atom. The van der Waals surface area contributed by atoms with E-state index in [0.717, 1.165) is 0 Å². The third kappa shape index (κ3) is 11.0.